The lowest BCUT2D eigenvalue weighted by Crippen LogP contribution is -2.16. The highest BCUT2D eigenvalue weighted by atomic mass is 35.5. The Kier molecular flexibility index (Phi) is 4.65. The molecule has 0 atom stereocenters. The van der Waals surface area contributed by atoms with Crippen LogP contribution in [0.15, 0.2) is 12.1 Å². The minimum atomic E-state index is -3.34. The van der Waals surface area contributed by atoms with Crippen molar-refractivity contribution >= 4 is 27.3 Å². The summed E-state index contributed by atoms with van der Waals surface area (Å²) in [5.74, 6) is 0.536. The first-order valence-electron chi connectivity index (χ1n) is 5.24. The topological polar surface area (TPSA) is 55.4 Å². The van der Waals surface area contributed by atoms with E-state index in [0.29, 0.717) is 22.9 Å². The molecule has 1 N–H and O–H groups in total. The van der Waals surface area contributed by atoms with Gasteiger partial charge in [0.2, 0.25) is 10.0 Å². The predicted octanol–water partition coefficient (Wildman–Crippen LogP) is 2.81. The van der Waals surface area contributed by atoms with Gasteiger partial charge in [0.05, 0.1) is 18.6 Å². The van der Waals surface area contributed by atoms with Crippen LogP contribution in [0.2, 0.25) is 5.02 Å². The molecule has 1 aromatic carbocycles. The van der Waals surface area contributed by atoms with Gasteiger partial charge in [-0.15, -0.1) is 0 Å². The number of nitrogens with one attached hydrogen (secondary N) is 1. The van der Waals surface area contributed by atoms with Crippen LogP contribution in [0.5, 0.6) is 5.75 Å². The molecule has 0 unspecified atom stereocenters. The van der Waals surface area contributed by atoms with Gasteiger partial charge >= 0.3 is 0 Å². The third kappa shape index (κ3) is 3.78. The van der Waals surface area contributed by atoms with Crippen molar-refractivity contribution in [2.24, 2.45) is 0 Å². The van der Waals surface area contributed by atoms with Crippen LogP contribution >= 0.6 is 11.6 Å². The first kappa shape index (κ1) is 14.1. The summed E-state index contributed by atoms with van der Waals surface area (Å²) >= 11 is 5.96. The Balaban J connectivity index is 3.10. The molecule has 1 aromatic rings. The molecule has 0 heterocycles. The molecule has 0 saturated heterocycles. The third-order valence-corrected chi connectivity index (χ3v) is 4.10. The maximum Gasteiger partial charge on any atom is 0.232 e. The summed E-state index contributed by atoms with van der Waals surface area (Å²) in [5, 5.41) is 0.500. The van der Waals surface area contributed by atoms with Gasteiger partial charge in [0.25, 0.3) is 0 Å². The van der Waals surface area contributed by atoms with Gasteiger partial charge in [-0.25, -0.2) is 8.42 Å². The maximum absolute atomic E-state index is 11.7. The van der Waals surface area contributed by atoms with Gasteiger partial charge in [0, 0.05) is 5.02 Å². The minimum absolute atomic E-state index is 0.0711. The van der Waals surface area contributed by atoms with Gasteiger partial charge in [-0.05, 0) is 31.0 Å². The summed E-state index contributed by atoms with van der Waals surface area (Å²) in [6.45, 7) is 3.63. The molecule has 0 aromatic heterocycles. The second-order valence-corrected chi connectivity index (χ2v) is 5.97. The Labute approximate surface area is 107 Å². The lowest BCUT2D eigenvalue weighted by molar-refractivity contribution is 0.416. The second-order valence-electron chi connectivity index (χ2n) is 3.72. The minimum Gasteiger partial charge on any atom is -0.495 e. The van der Waals surface area contributed by atoms with Crippen molar-refractivity contribution in [1.82, 2.24) is 0 Å². The van der Waals surface area contributed by atoms with Crippen molar-refractivity contribution in [1.29, 1.82) is 0 Å². The molecular formula is C11H16ClNO3S. The average molecular weight is 278 g/mol. The predicted molar refractivity (Wildman–Crippen MR) is 70.4 cm³/mol. The first-order chi connectivity index (χ1) is 7.89. The van der Waals surface area contributed by atoms with Gasteiger partial charge < -0.3 is 4.74 Å². The van der Waals surface area contributed by atoms with E-state index >= 15 is 0 Å². The lowest BCUT2D eigenvalue weighted by atomic mass is 10.2. The summed E-state index contributed by atoms with van der Waals surface area (Å²) in [5.41, 5.74) is 1.21. The van der Waals surface area contributed by atoms with E-state index in [9.17, 15) is 8.42 Å². The Morgan fingerprint density at radius 1 is 1.41 bits per heavy atom. The smallest absolute Gasteiger partial charge is 0.232 e. The average Bonchev–Trinajstić information content (AvgIpc) is 2.22. The number of hydrogen-bond acceptors (Lipinski definition) is 3. The first-order valence-corrected chi connectivity index (χ1v) is 7.27. The van der Waals surface area contributed by atoms with Crippen LogP contribution in [0.1, 0.15) is 18.9 Å². The van der Waals surface area contributed by atoms with E-state index < -0.39 is 10.0 Å². The molecule has 0 aliphatic rings. The number of aryl methyl sites for hydroxylation is 1. The van der Waals surface area contributed by atoms with Crippen LogP contribution in [0.4, 0.5) is 5.69 Å². The Bertz CT molecular complexity index is 500. The van der Waals surface area contributed by atoms with Crippen LogP contribution in [-0.4, -0.2) is 21.3 Å². The van der Waals surface area contributed by atoms with E-state index in [-0.39, 0.29) is 5.75 Å². The van der Waals surface area contributed by atoms with E-state index in [4.69, 9.17) is 16.3 Å². The molecule has 17 heavy (non-hydrogen) atoms. The standard InChI is InChI=1S/C11H16ClNO3S/c1-4-5-17(14,15)13-10-7-9(12)8(2)6-11(10)16-3/h6-7,13H,4-5H2,1-3H3. The lowest BCUT2D eigenvalue weighted by Gasteiger charge is -2.13. The fourth-order valence-electron chi connectivity index (χ4n) is 1.39. The van der Waals surface area contributed by atoms with Crippen molar-refractivity contribution in [2.75, 3.05) is 17.6 Å². The number of hydrogen-bond donors (Lipinski definition) is 1. The molecule has 0 aliphatic carbocycles. The van der Waals surface area contributed by atoms with E-state index in [1.807, 2.05) is 6.92 Å². The van der Waals surface area contributed by atoms with E-state index in [2.05, 4.69) is 4.72 Å². The van der Waals surface area contributed by atoms with Gasteiger partial charge in [0.1, 0.15) is 5.75 Å². The number of halogens is 1. The van der Waals surface area contributed by atoms with Crippen LogP contribution < -0.4 is 9.46 Å². The SMILES string of the molecule is CCCS(=O)(=O)Nc1cc(Cl)c(C)cc1OC. The van der Waals surface area contributed by atoms with Crippen LogP contribution in [0.3, 0.4) is 0 Å². The Morgan fingerprint density at radius 3 is 2.59 bits per heavy atom. The van der Waals surface area contributed by atoms with Crippen molar-refractivity contribution in [2.45, 2.75) is 20.3 Å². The summed E-state index contributed by atoms with van der Waals surface area (Å²) < 4.78 is 30.9. The van der Waals surface area contributed by atoms with Crippen molar-refractivity contribution in [3.8, 4) is 5.75 Å². The molecule has 1 rings (SSSR count). The van der Waals surface area contributed by atoms with Crippen molar-refractivity contribution < 1.29 is 13.2 Å². The number of benzene rings is 1. The molecule has 0 radical (unpaired) electrons. The fraction of sp³-hybridized carbons (Fsp3) is 0.455. The number of anilines is 1. The van der Waals surface area contributed by atoms with Gasteiger partial charge in [-0.2, -0.15) is 0 Å². The van der Waals surface area contributed by atoms with E-state index in [0.717, 1.165) is 5.56 Å². The molecule has 0 bridgehead atoms. The summed E-state index contributed by atoms with van der Waals surface area (Å²) in [6.07, 6.45) is 0.553. The molecule has 6 heteroatoms. The summed E-state index contributed by atoms with van der Waals surface area (Å²) in [6, 6.07) is 3.26. The second kappa shape index (κ2) is 5.60. The molecule has 0 aliphatic heterocycles. The fourth-order valence-corrected chi connectivity index (χ4v) is 2.69. The highest BCUT2D eigenvalue weighted by molar-refractivity contribution is 7.92. The molecule has 4 nitrogen and oxygen atoms in total. The van der Waals surface area contributed by atoms with Crippen molar-refractivity contribution in [3.05, 3.63) is 22.7 Å². The number of ether oxygens (including phenoxy) is 1. The molecule has 0 saturated carbocycles. The van der Waals surface area contributed by atoms with Crippen molar-refractivity contribution in [3.63, 3.8) is 0 Å². The molecule has 0 amide bonds. The highest BCUT2D eigenvalue weighted by Crippen LogP contribution is 2.31. The van der Waals surface area contributed by atoms with E-state index in [1.165, 1.54) is 7.11 Å². The molecule has 0 spiro atoms. The van der Waals surface area contributed by atoms with Gasteiger partial charge in [-0.1, -0.05) is 18.5 Å². The molecular weight excluding hydrogens is 262 g/mol. The van der Waals surface area contributed by atoms with Crippen LogP contribution in [0, 0.1) is 6.92 Å². The summed E-state index contributed by atoms with van der Waals surface area (Å²) in [7, 11) is -1.85. The number of methoxy groups -OCH3 is 1. The Morgan fingerprint density at radius 2 is 2.06 bits per heavy atom. The Hall–Kier alpha value is -0.940. The zero-order valence-electron chi connectivity index (χ0n) is 10.1. The molecule has 0 fully saturated rings. The molecule has 96 valence electrons. The van der Waals surface area contributed by atoms with Crippen LogP contribution in [-0.2, 0) is 10.0 Å². The van der Waals surface area contributed by atoms with Crippen LogP contribution in [0.25, 0.3) is 0 Å². The summed E-state index contributed by atoms with van der Waals surface area (Å²) in [4.78, 5) is 0. The number of rotatable bonds is 5. The number of sulfonamides is 1. The zero-order chi connectivity index (χ0) is 13.1. The monoisotopic (exact) mass is 277 g/mol. The van der Waals surface area contributed by atoms with Gasteiger partial charge in [0.15, 0.2) is 0 Å². The zero-order valence-corrected chi connectivity index (χ0v) is 11.7. The third-order valence-electron chi connectivity index (χ3n) is 2.22. The highest BCUT2D eigenvalue weighted by Gasteiger charge is 2.14. The normalized spacial score (nSPS) is 11.3. The largest absolute Gasteiger partial charge is 0.495 e. The maximum atomic E-state index is 11.7. The van der Waals surface area contributed by atoms with E-state index in [1.54, 1.807) is 19.1 Å². The van der Waals surface area contributed by atoms with Gasteiger partial charge in [-0.3, -0.25) is 4.72 Å². The quantitative estimate of drug-likeness (QED) is 0.900.